The normalized spacial score (nSPS) is 14.9. The van der Waals surface area contributed by atoms with Crippen molar-refractivity contribution >= 4 is 0 Å². The maximum atomic E-state index is 9.60. The van der Waals surface area contributed by atoms with Gasteiger partial charge in [0.1, 0.15) is 6.23 Å². The highest BCUT2D eigenvalue weighted by molar-refractivity contribution is 4.78. The van der Waals surface area contributed by atoms with Crippen molar-refractivity contribution in [3.63, 3.8) is 0 Å². The maximum absolute atomic E-state index is 9.60. The first-order valence-electron chi connectivity index (χ1n) is 6.76. The van der Waals surface area contributed by atoms with Crippen LogP contribution in [0, 0.1) is 0 Å². The number of aliphatic hydroxyl groups is 5. The topological polar surface area (TPSA) is 198 Å². The van der Waals surface area contributed by atoms with E-state index in [2.05, 4.69) is 10.6 Å². The Balaban J connectivity index is 4.44. The molecular weight excluding hydrogens is 302 g/mol. The first kappa shape index (κ1) is 21.5. The zero-order valence-corrected chi connectivity index (χ0v) is 12.4. The summed E-state index contributed by atoms with van der Waals surface area (Å²) in [6, 6.07) is 0. The summed E-state index contributed by atoms with van der Waals surface area (Å²) in [5, 5.41) is 71.3. The number of hydrogen-bond donors (Lipinski definition) is 10. The van der Waals surface area contributed by atoms with Crippen LogP contribution in [0.15, 0.2) is 0 Å². The van der Waals surface area contributed by atoms with Gasteiger partial charge in [-0.2, -0.15) is 0 Å². The summed E-state index contributed by atoms with van der Waals surface area (Å²) in [6.45, 7) is 2.53. The van der Waals surface area contributed by atoms with Gasteiger partial charge in [-0.15, -0.1) is 5.06 Å². The highest BCUT2D eigenvalue weighted by Gasteiger charge is 2.58. The van der Waals surface area contributed by atoms with E-state index in [1.54, 1.807) is 0 Å². The predicted octanol–water partition coefficient (Wildman–Crippen LogP) is -4.88. The molecule has 0 amide bonds. The molecule has 0 fully saturated rings. The molecule has 0 saturated heterocycles. The van der Waals surface area contributed by atoms with E-state index in [1.165, 1.54) is 6.92 Å². The van der Waals surface area contributed by atoms with E-state index in [0.717, 1.165) is 0 Å². The second-order valence-electron chi connectivity index (χ2n) is 4.55. The first-order valence-corrected chi connectivity index (χ1v) is 6.76. The van der Waals surface area contributed by atoms with Gasteiger partial charge >= 0.3 is 11.8 Å². The molecule has 12 heteroatoms. The zero-order chi connectivity index (χ0) is 17.4. The fraction of sp³-hybridized carbons (Fsp3) is 1.00. The van der Waals surface area contributed by atoms with Crippen molar-refractivity contribution in [3.05, 3.63) is 0 Å². The Labute approximate surface area is 127 Å². The van der Waals surface area contributed by atoms with Gasteiger partial charge < -0.3 is 52.3 Å². The van der Waals surface area contributed by atoms with E-state index in [4.69, 9.17) is 5.73 Å². The summed E-state index contributed by atoms with van der Waals surface area (Å²) in [5.74, 6) is -7.39. The molecule has 0 bridgehead atoms. The second kappa shape index (κ2) is 9.61. The Kier molecular flexibility index (Phi) is 9.40. The van der Waals surface area contributed by atoms with Gasteiger partial charge in [0.2, 0.25) is 0 Å². The van der Waals surface area contributed by atoms with Gasteiger partial charge in [0, 0.05) is 39.3 Å². The molecule has 0 saturated carbocycles. The standard InChI is InChI=1S/C10H27N5O7/c1-2-14(21)9(17,18)10(19,20)15(22)8(16)7-13-6-5-12-4-3-11/h8,12-13,16-22H,2-7,11H2,1H3. The molecule has 1 atom stereocenters. The van der Waals surface area contributed by atoms with Crippen LogP contribution in [-0.2, 0) is 0 Å². The Morgan fingerprint density at radius 1 is 1.00 bits per heavy atom. The third kappa shape index (κ3) is 5.62. The summed E-state index contributed by atoms with van der Waals surface area (Å²) in [5.41, 5.74) is 5.27. The number of nitrogens with two attached hydrogens (primary N) is 1. The van der Waals surface area contributed by atoms with Crippen LogP contribution >= 0.6 is 0 Å². The van der Waals surface area contributed by atoms with E-state index >= 15 is 0 Å². The van der Waals surface area contributed by atoms with E-state index in [0.29, 0.717) is 26.2 Å². The monoisotopic (exact) mass is 329 g/mol. The second-order valence-corrected chi connectivity index (χ2v) is 4.55. The number of nitrogens with zero attached hydrogens (tertiary/aromatic N) is 2. The molecule has 134 valence electrons. The number of likely N-dealkylation sites (N-methyl/N-ethyl adjacent to an activating group) is 1. The van der Waals surface area contributed by atoms with E-state index < -0.39 is 29.7 Å². The van der Waals surface area contributed by atoms with Gasteiger partial charge in [-0.1, -0.05) is 5.06 Å². The van der Waals surface area contributed by atoms with E-state index in [9.17, 15) is 35.9 Å². The minimum atomic E-state index is -3.75. The van der Waals surface area contributed by atoms with Crippen LogP contribution in [-0.4, -0.2) is 103 Å². The molecule has 0 aliphatic rings. The van der Waals surface area contributed by atoms with Crippen molar-refractivity contribution in [1.82, 2.24) is 20.8 Å². The molecular formula is C10H27N5O7. The van der Waals surface area contributed by atoms with Gasteiger partial charge in [0.25, 0.3) is 0 Å². The molecule has 12 nitrogen and oxygen atoms in total. The lowest BCUT2D eigenvalue weighted by molar-refractivity contribution is -0.538. The average Bonchev–Trinajstić information content (AvgIpc) is 2.48. The highest BCUT2D eigenvalue weighted by Crippen LogP contribution is 2.24. The van der Waals surface area contributed by atoms with Crippen LogP contribution in [0.2, 0.25) is 0 Å². The van der Waals surface area contributed by atoms with Crippen molar-refractivity contribution in [3.8, 4) is 0 Å². The number of nitrogens with one attached hydrogen (secondary N) is 2. The molecule has 0 aromatic heterocycles. The van der Waals surface area contributed by atoms with Crippen molar-refractivity contribution in [2.24, 2.45) is 5.73 Å². The summed E-state index contributed by atoms with van der Waals surface area (Å²) in [4.78, 5) is 0. The Bertz CT molecular complexity index is 307. The molecule has 0 aliphatic carbocycles. The molecule has 0 heterocycles. The average molecular weight is 329 g/mol. The predicted molar refractivity (Wildman–Crippen MR) is 72.9 cm³/mol. The van der Waals surface area contributed by atoms with Crippen molar-refractivity contribution in [2.75, 3.05) is 39.3 Å². The third-order valence-electron chi connectivity index (χ3n) is 2.84. The Hall–Kier alpha value is -0.480. The maximum Gasteiger partial charge on any atom is 0.324 e. The molecule has 0 rings (SSSR count). The molecule has 0 aliphatic heterocycles. The van der Waals surface area contributed by atoms with Crippen molar-refractivity contribution in [2.45, 2.75) is 25.0 Å². The summed E-state index contributed by atoms with van der Waals surface area (Å²) >= 11 is 0. The van der Waals surface area contributed by atoms with Crippen molar-refractivity contribution < 1.29 is 35.9 Å². The minimum absolute atomic E-state index is 0.229. The summed E-state index contributed by atoms with van der Waals surface area (Å²) < 4.78 is 0. The fourth-order valence-electron chi connectivity index (χ4n) is 1.48. The van der Waals surface area contributed by atoms with Gasteiger partial charge in [-0.3, -0.25) is 0 Å². The Morgan fingerprint density at radius 3 is 2.05 bits per heavy atom. The molecule has 0 aromatic rings. The first-order chi connectivity index (χ1) is 10.1. The molecule has 0 radical (unpaired) electrons. The van der Waals surface area contributed by atoms with Gasteiger partial charge in [0.15, 0.2) is 0 Å². The Morgan fingerprint density at radius 2 is 1.55 bits per heavy atom. The van der Waals surface area contributed by atoms with Crippen LogP contribution in [0.4, 0.5) is 0 Å². The quantitative estimate of drug-likeness (QED) is 0.0931. The lowest BCUT2D eigenvalue weighted by Gasteiger charge is -2.43. The molecule has 11 N–H and O–H groups in total. The third-order valence-corrected chi connectivity index (χ3v) is 2.84. The summed E-state index contributed by atoms with van der Waals surface area (Å²) in [7, 11) is 0. The number of hydrogen-bond acceptors (Lipinski definition) is 12. The van der Waals surface area contributed by atoms with Crippen LogP contribution < -0.4 is 16.4 Å². The number of hydroxylamine groups is 4. The smallest absolute Gasteiger partial charge is 0.324 e. The van der Waals surface area contributed by atoms with Gasteiger partial charge in [0.05, 0.1) is 0 Å². The van der Waals surface area contributed by atoms with Gasteiger partial charge in [-0.05, 0) is 6.92 Å². The van der Waals surface area contributed by atoms with Crippen molar-refractivity contribution in [1.29, 1.82) is 0 Å². The van der Waals surface area contributed by atoms with Crippen LogP contribution in [0.1, 0.15) is 6.92 Å². The largest absolute Gasteiger partial charge is 0.375 e. The lowest BCUT2D eigenvalue weighted by atomic mass is 10.3. The fourth-order valence-corrected chi connectivity index (χ4v) is 1.48. The molecule has 22 heavy (non-hydrogen) atoms. The minimum Gasteiger partial charge on any atom is -0.375 e. The van der Waals surface area contributed by atoms with Gasteiger partial charge in [-0.25, -0.2) is 0 Å². The zero-order valence-electron chi connectivity index (χ0n) is 12.4. The molecule has 1 unspecified atom stereocenters. The molecule has 0 spiro atoms. The van der Waals surface area contributed by atoms with Crippen LogP contribution in [0.5, 0.6) is 0 Å². The number of rotatable bonds is 12. The summed E-state index contributed by atoms with van der Waals surface area (Å²) in [6.07, 6.45) is -1.89. The molecule has 0 aromatic carbocycles. The van der Waals surface area contributed by atoms with Crippen LogP contribution in [0.3, 0.4) is 0 Å². The number of aliphatic hydroxyl groups excluding tert-OH is 1. The lowest BCUT2D eigenvalue weighted by Crippen LogP contribution is -2.72. The van der Waals surface area contributed by atoms with E-state index in [-0.39, 0.29) is 11.6 Å². The SMILES string of the molecule is CCN(O)C(O)(O)C(O)(O)N(O)C(O)CNCCNCCN. The van der Waals surface area contributed by atoms with Crippen LogP contribution in [0.25, 0.3) is 0 Å². The van der Waals surface area contributed by atoms with E-state index in [1.807, 2.05) is 0 Å². The highest BCUT2D eigenvalue weighted by atomic mass is 16.7.